The minimum atomic E-state index is 0.340. The van der Waals surface area contributed by atoms with Crippen LogP contribution in [0, 0.1) is 0 Å². The zero-order valence-electron chi connectivity index (χ0n) is 14.0. The Labute approximate surface area is 220 Å². The molecule has 0 aromatic heterocycles. The van der Waals surface area contributed by atoms with Gasteiger partial charge >= 0.3 is 0 Å². The first kappa shape index (κ1) is 28.8. The predicted octanol–water partition coefficient (Wildman–Crippen LogP) is 8.71. The van der Waals surface area contributed by atoms with Gasteiger partial charge in [0.2, 0.25) is 0 Å². The van der Waals surface area contributed by atoms with Crippen molar-refractivity contribution in [2.24, 2.45) is 0 Å². The molecule has 0 aliphatic rings. The van der Waals surface area contributed by atoms with Crippen LogP contribution in [0.3, 0.4) is 0 Å². The Morgan fingerprint density at radius 3 is 1.20 bits per heavy atom. The average Bonchev–Trinajstić information content (AvgIpc) is 2.60. The van der Waals surface area contributed by atoms with E-state index in [4.69, 9.17) is 4.74 Å². The fourth-order valence-electron chi connectivity index (χ4n) is 2.09. The highest BCUT2D eigenvalue weighted by Gasteiger charge is 2.20. The SMILES string of the molecule is BrCC(Br)CCCC(Br)C(Br)COCC(Br)C(Br)CCCC(Br)CBr. The van der Waals surface area contributed by atoms with Gasteiger partial charge in [-0.25, -0.2) is 0 Å². The van der Waals surface area contributed by atoms with Gasteiger partial charge in [0.25, 0.3) is 0 Å². The molecule has 0 fully saturated rings. The van der Waals surface area contributed by atoms with Crippen LogP contribution in [0.2, 0.25) is 0 Å². The lowest BCUT2D eigenvalue weighted by Gasteiger charge is -2.20. The third kappa shape index (κ3) is 16.2. The van der Waals surface area contributed by atoms with Crippen LogP contribution in [0.4, 0.5) is 0 Å². The minimum Gasteiger partial charge on any atom is -0.379 e. The maximum atomic E-state index is 5.91. The largest absolute Gasteiger partial charge is 0.379 e. The van der Waals surface area contributed by atoms with E-state index in [1.165, 1.54) is 25.7 Å². The zero-order chi connectivity index (χ0) is 19.2. The van der Waals surface area contributed by atoms with E-state index in [0.717, 1.165) is 36.7 Å². The molecule has 0 radical (unpaired) electrons. The summed E-state index contributed by atoms with van der Waals surface area (Å²) in [6.07, 6.45) is 7.07. The van der Waals surface area contributed by atoms with Crippen LogP contribution in [-0.4, -0.2) is 52.8 Å². The number of ether oxygens (including phenoxy) is 1. The fourth-order valence-corrected chi connectivity index (χ4v) is 5.24. The summed E-state index contributed by atoms with van der Waals surface area (Å²) in [5.74, 6) is 0. The molecule has 0 rings (SSSR count). The van der Waals surface area contributed by atoms with Gasteiger partial charge in [0.15, 0.2) is 0 Å². The number of alkyl halides is 8. The van der Waals surface area contributed by atoms with Crippen LogP contribution in [0.1, 0.15) is 38.5 Å². The summed E-state index contributed by atoms with van der Waals surface area (Å²) in [6.45, 7) is 1.45. The van der Waals surface area contributed by atoms with E-state index in [1.807, 2.05) is 0 Å². The monoisotopic (exact) mass is 866 g/mol. The van der Waals surface area contributed by atoms with Gasteiger partial charge in [-0.05, 0) is 25.7 Å². The van der Waals surface area contributed by atoms with E-state index in [1.54, 1.807) is 0 Å². The summed E-state index contributed by atoms with van der Waals surface area (Å²) in [5.41, 5.74) is 0. The second-order valence-corrected chi connectivity index (χ2v) is 14.6. The molecule has 9 heteroatoms. The van der Waals surface area contributed by atoms with Crippen molar-refractivity contribution in [3.63, 3.8) is 0 Å². The van der Waals surface area contributed by atoms with Crippen LogP contribution >= 0.6 is 127 Å². The maximum Gasteiger partial charge on any atom is 0.0602 e. The molecule has 0 N–H and O–H groups in total. The van der Waals surface area contributed by atoms with E-state index < -0.39 is 0 Å². The van der Waals surface area contributed by atoms with E-state index >= 15 is 0 Å². The Balaban J connectivity index is 3.81. The highest BCUT2D eigenvalue weighted by Crippen LogP contribution is 2.25. The minimum absolute atomic E-state index is 0.340. The lowest BCUT2D eigenvalue weighted by molar-refractivity contribution is 0.137. The number of hydrogen-bond donors (Lipinski definition) is 0. The first-order valence-electron chi connectivity index (χ1n) is 8.35. The maximum absolute atomic E-state index is 5.91. The van der Waals surface area contributed by atoms with Gasteiger partial charge in [0, 0.05) is 30.0 Å². The topological polar surface area (TPSA) is 9.23 Å². The first-order valence-corrected chi connectivity index (χ1v) is 16.1. The van der Waals surface area contributed by atoms with E-state index in [0.29, 0.717) is 29.0 Å². The van der Waals surface area contributed by atoms with Crippen molar-refractivity contribution < 1.29 is 4.74 Å². The summed E-state index contributed by atoms with van der Waals surface area (Å²) in [5, 5.41) is 2.02. The molecule has 6 atom stereocenters. The highest BCUT2D eigenvalue weighted by molar-refractivity contribution is 9.13. The summed E-state index contributed by atoms with van der Waals surface area (Å²) < 4.78 is 5.91. The number of halogens is 8. The van der Waals surface area contributed by atoms with Gasteiger partial charge in [-0.15, -0.1) is 0 Å². The van der Waals surface area contributed by atoms with Crippen LogP contribution in [0.15, 0.2) is 0 Å². The van der Waals surface area contributed by atoms with Crippen LogP contribution in [-0.2, 0) is 4.74 Å². The molecule has 0 saturated carbocycles. The zero-order valence-corrected chi connectivity index (χ0v) is 26.7. The molecule has 6 unspecified atom stereocenters. The summed E-state index contributed by atoms with van der Waals surface area (Å²) in [6, 6.07) is 0. The van der Waals surface area contributed by atoms with Crippen molar-refractivity contribution in [1.82, 2.24) is 0 Å². The molecular formula is C16H26Br8O. The smallest absolute Gasteiger partial charge is 0.0602 e. The van der Waals surface area contributed by atoms with Gasteiger partial charge in [-0.1, -0.05) is 140 Å². The molecule has 0 saturated heterocycles. The molecule has 0 heterocycles. The van der Waals surface area contributed by atoms with Crippen LogP contribution in [0.5, 0.6) is 0 Å². The second-order valence-electron chi connectivity index (χ2n) is 5.97. The van der Waals surface area contributed by atoms with E-state index in [9.17, 15) is 0 Å². The third-order valence-electron chi connectivity index (χ3n) is 3.67. The Morgan fingerprint density at radius 2 is 0.880 bits per heavy atom. The summed E-state index contributed by atoms with van der Waals surface area (Å²) in [4.78, 5) is 2.69. The van der Waals surface area contributed by atoms with Crippen molar-refractivity contribution in [1.29, 1.82) is 0 Å². The van der Waals surface area contributed by atoms with Crippen molar-refractivity contribution in [2.45, 2.75) is 67.5 Å². The molecule has 0 amide bonds. The Hall–Kier alpha value is 3.80. The third-order valence-corrected chi connectivity index (χ3v) is 13.9. The predicted molar refractivity (Wildman–Crippen MR) is 142 cm³/mol. The van der Waals surface area contributed by atoms with Crippen molar-refractivity contribution in [2.75, 3.05) is 23.9 Å². The normalized spacial score (nSPS) is 19.2. The first-order chi connectivity index (χ1) is 11.8. The average molecular weight is 874 g/mol. The number of hydrogen-bond acceptors (Lipinski definition) is 1. The standard InChI is InChI=1S/C16H26Br8O/c17-7-11(19)3-1-5-13(21)15(23)9-25-10-16(24)14(22)6-2-4-12(20)8-18/h11-16H,1-10H2. The Kier molecular flexibility index (Phi) is 21.4. The molecule has 0 bridgehead atoms. The summed E-state index contributed by atoms with van der Waals surface area (Å²) in [7, 11) is 0. The lowest BCUT2D eigenvalue weighted by atomic mass is 10.1. The van der Waals surface area contributed by atoms with Crippen molar-refractivity contribution in [3.8, 4) is 0 Å². The quantitative estimate of drug-likeness (QED) is 0.141. The lowest BCUT2D eigenvalue weighted by Crippen LogP contribution is -2.25. The van der Waals surface area contributed by atoms with Gasteiger partial charge in [-0.3, -0.25) is 0 Å². The van der Waals surface area contributed by atoms with Crippen LogP contribution < -0.4 is 0 Å². The molecule has 152 valence electrons. The summed E-state index contributed by atoms with van der Waals surface area (Å²) >= 11 is 29.4. The number of rotatable bonds is 16. The second kappa shape index (κ2) is 18.6. The highest BCUT2D eigenvalue weighted by atomic mass is 79.9. The van der Waals surface area contributed by atoms with Crippen molar-refractivity contribution >= 4 is 127 Å². The molecular weight excluding hydrogens is 847 g/mol. The van der Waals surface area contributed by atoms with Gasteiger partial charge in [0.1, 0.15) is 0 Å². The van der Waals surface area contributed by atoms with Crippen molar-refractivity contribution in [3.05, 3.63) is 0 Å². The van der Waals surface area contributed by atoms with E-state index in [-0.39, 0.29) is 0 Å². The molecule has 1 nitrogen and oxygen atoms in total. The van der Waals surface area contributed by atoms with Gasteiger partial charge < -0.3 is 4.74 Å². The molecule has 25 heavy (non-hydrogen) atoms. The fraction of sp³-hybridized carbons (Fsp3) is 1.00. The van der Waals surface area contributed by atoms with Crippen LogP contribution in [0.25, 0.3) is 0 Å². The molecule has 0 aromatic rings. The Morgan fingerprint density at radius 1 is 0.520 bits per heavy atom. The Bertz CT molecular complexity index is 282. The van der Waals surface area contributed by atoms with Gasteiger partial charge in [-0.2, -0.15) is 0 Å². The molecule has 0 aliphatic heterocycles. The molecule has 0 spiro atoms. The van der Waals surface area contributed by atoms with E-state index in [2.05, 4.69) is 127 Å². The molecule has 0 aromatic carbocycles. The molecule has 0 aliphatic carbocycles. The van der Waals surface area contributed by atoms with Gasteiger partial charge in [0.05, 0.1) is 22.9 Å².